The third-order valence-electron chi connectivity index (χ3n) is 5.27. The number of rotatable bonds is 11. The summed E-state index contributed by atoms with van der Waals surface area (Å²) in [6, 6.07) is 9.98. The second-order valence-corrected chi connectivity index (χ2v) is 7.39. The van der Waals surface area contributed by atoms with E-state index in [1.165, 1.54) is 18.0 Å². The largest absolute Gasteiger partial charge is 0.381 e. The number of carbonyl (C=O) groups is 3. The van der Waals surface area contributed by atoms with Gasteiger partial charge in [0.15, 0.2) is 5.72 Å². The van der Waals surface area contributed by atoms with Crippen LogP contribution in [-0.4, -0.2) is 48.3 Å². The summed E-state index contributed by atoms with van der Waals surface area (Å²) in [5.41, 5.74) is 1.12. The molecule has 2 rings (SSSR count). The Labute approximate surface area is 181 Å². The number of hydrogen-bond acceptors (Lipinski definition) is 6. The number of amides is 1. The van der Waals surface area contributed by atoms with Crippen molar-refractivity contribution < 1.29 is 23.9 Å². The molecule has 0 aromatic heterocycles. The number of nitrogens with one attached hydrogen (secondary N) is 2. The van der Waals surface area contributed by atoms with Gasteiger partial charge in [0.05, 0.1) is 0 Å². The topological polar surface area (TPSA) is 98.7 Å². The molecule has 2 aromatic rings. The van der Waals surface area contributed by atoms with Crippen LogP contribution >= 0.6 is 0 Å². The van der Waals surface area contributed by atoms with Gasteiger partial charge in [0, 0.05) is 44.2 Å². The molecule has 1 atom stereocenters. The maximum absolute atomic E-state index is 13.5. The third-order valence-corrected chi connectivity index (χ3v) is 5.27. The average molecular weight is 429 g/mol. The normalized spacial score (nSPS) is 12.8. The van der Waals surface area contributed by atoms with Crippen LogP contribution in [-0.2, 0) is 22.7 Å². The van der Waals surface area contributed by atoms with E-state index in [2.05, 4.69) is 10.6 Å². The fourth-order valence-corrected chi connectivity index (χ4v) is 3.38. The first-order chi connectivity index (χ1) is 14.8. The maximum Gasteiger partial charge on any atom is 0.267 e. The first-order valence-corrected chi connectivity index (χ1v) is 9.92. The lowest BCUT2D eigenvalue weighted by atomic mass is 10.0. The summed E-state index contributed by atoms with van der Waals surface area (Å²) in [4.78, 5) is 36.2. The zero-order valence-electron chi connectivity index (χ0n) is 17.9. The minimum atomic E-state index is -1.92. The molecule has 31 heavy (non-hydrogen) atoms. The Bertz CT molecular complexity index is 950. The molecule has 0 fully saturated rings. The lowest BCUT2D eigenvalue weighted by molar-refractivity contribution is -0.163. The Kier molecular flexibility index (Phi) is 8.41. The molecule has 0 radical (unpaired) electrons. The summed E-state index contributed by atoms with van der Waals surface area (Å²) in [5, 5.41) is 16.6. The molecule has 0 aliphatic heterocycles. The van der Waals surface area contributed by atoms with Gasteiger partial charge in [-0.25, -0.2) is 4.39 Å². The fourth-order valence-electron chi connectivity index (χ4n) is 3.38. The molecule has 7 nitrogen and oxygen atoms in total. The Hall–Kier alpha value is -3.10. The van der Waals surface area contributed by atoms with Crippen LogP contribution in [0.25, 0.3) is 0 Å². The highest BCUT2D eigenvalue weighted by Crippen LogP contribution is 2.26. The molecular formula is C23H28FN3O4. The van der Waals surface area contributed by atoms with E-state index in [0.29, 0.717) is 41.5 Å². The summed E-state index contributed by atoms with van der Waals surface area (Å²) in [5.74, 6) is -0.922. The molecule has 0 saturated heterocycles. The SMILES string of the molecule is CNC(=O)C(O)(CCC=O)N(C)Cc1c(C=O)cccc1NCc1ccc(F)c(C)c1. The average Bonchev–Trinajstić information content (AvgIpc) is 2.78. The van der Waals surface area contributed by atoms with Gasteiger partial charge in [-0.05, 0) is 42.8 Å². The number of hydrogen-bond donors (Lipinski definition) is 3. The molecule has 3 N–H and O–H groups in total. The molecule has 0 spiro atoms. The van der Waals surface area contributed by atoms with Crippen molar-refractivity contribution in [1.29, 1.82) is 0 Å². The number of aldehydes is 2. The van der Waals surface area contributed by atoms with E-state index in [1.54, 1.807) is 44.3 Å². The molecule has 1 amide bonds. The van der Waals surface area contributed by atoms with Crippen LogP contribution in [0.5, 0.6) is 0 Å². The highest BCUT2D eigenvalue weighted by molar-refractivity contribution is 5.85. The van der Waals surface area contributed by atoms with Gasteiger partial charge in [-0.15, -0.1) is 0 Å². The second kappa shape index (κ2) is 10.8. The van der Waals surface area contributed by atoms with Crippen LogP contribution in [0, 0.1) is 12.7 Å². The molecule has 0 aliphatic carbocycles. The lowest BCUT2D eigenvalue weighted by Gasteiger charge is -2.35. The summed E-state index contributed by atoms with van der Waals surface area (Å²) in [6.07, 6.45) is 1.26. The summed E-state index contributed by atoms with van der Waals surface area (Å²) in [7, 11) is 2.95. The minimum absolute atomic E-state index is 0.00138. The summed E-state index contributed by atoms with van der Waals surface area (Å²) < 4.78 is 13.5. The van der Waals surface area contributed by atoms with Crippen LogP contribution in [0.3, 0.4) is 0 Å². The monoisotopic (exact) mass is 429 g/mol. The summed E-state index contributed by atoms with van der Waals surface area (Å²) >= 11 is 0. The predicted molar refractivity (Wildman–Crippen MR) is 116 cm³/mol. The van der Waals surface area contributed by atoms with Gasteiger partial charge in [-0.2, -0.15) is 0 Å². The molecule has 1 unspecified atom stereocenters. The number of nitrogens with zero attached hydrogens (tertiary/aromatic N) is 1. The van der Waals surface area contributed by atoms with Crippen molar-refractivity contribution >= 4 is 24.2 Å². The van der Waals surface area contributed by atoms with E-state index in [-0.39, 0.29) is 25.2 Å². The van der Waals surface area contributed by atoms with Crippen LogP contribution < -0.4 is 10.6 Å². The standard InChI is InChI=1S/C23H28FN3O4/c1-16-12-17(8-9-20(16)24)13-26-21-7-4-6-18(15-29)19(21)14-27(3)23(31,10-5-11-28)22(30)25-2/h4,6-9,11-12,15,26,31H,5,10,13-14H2,1-3H3,(H,25,30). The first kappa shape index (κ1) is 24.2. The molecule has 2 aromatic carbocycles. The zero-order valence-corrected chi connectivity index (χ0v) is 17.9. The minimum Gasteiger partial charge on any atom is -0.381 e. The lowest BCUT2D eigenvalue weighted by Crippen LogP contribution is -2.56. The first-order valence-electron chi connectivity index (χ1n) is 9.92. The van der Waals surface area contributed by atoms with Crippen LogP contribution in [0.4, 0.5) is 10.1 Å². The predicted octanol–water partition coefficient (Wildman–Crippen LogP) is 2.40. The Morgan fingerprint density at radius 3 is 2.61 bits per heavy atom. The van der Waals surface area contributed by atoms with Gasteiger partial charge in [0.1, 0.15) is 18.4 Å². The number of aliphatic hydroxyl groups is 1. The molecule has 0 saturated carbocycles. The number of anilines is 1. The smallest absolute Gasteiger partial charge is 0.267 e. The number of carbonyl (C=O) groups excluding carboxylic acids is 3. The van der Waals surface area contributed by atoms with Crippen molar-refractivity contribution in [2.24, 2.45) is 0 Å². The number of benzene rings is 2. The van der Waals surface area contributed by atoms with Crippen molar-refractivity contribution in [3.05, 3.63) is 64.5 Å². The van der Waals surface area contributed by atoms with Crippen molar-refractivity contribution in [1.82, 2.24) is 10.2 Å². The van der Waals surface area contributed by atoms with Gasteiger partial charge in [0.25, 0.3) is 5.91 Å². The van der Waals surface area contributed by atoms with E-state index in [4.69, 9.17) is 0 Å². The van der Waals surface area contributed by atoms with E-state index in [1.807, 2.05) is 0 Å². The van der Waals surface area contributed by atoms with Gasteiger partial charge in [-0.3, -0.25) is 14.5 Å². The number of halogens is 1. The van der Waals surface area contributed by atoms with E-state index >= 15 is 0 Å². The van der Waals surface area contributed by atoms with Crippen LogP contribution in [0.2, 0.25) is 0 Å². The highest BCUT2D eigenvalue weighted by Gasteiger charge is 2.39. The molecular weight excluding hydrogens is 401 g/mol. The molecule has 8 heteroatoms. The molecule has 0 bridgehead atoms. The quantitative estimate of drug-likeness (QED) is 0.375. The molecule has 166 valence electrons. The van der Waals surface area contributed by atoms with Gasteiger partial charge < -0.3 is 20.5 Å². The maximum atomic E-state index is 13.5. The second-order valence-electron chi connectivity index (χ2n) is 7.39. The third kappa shape index (κ3) is 5.74. The van der Waals surface area contributed by atoms with Crippen LogP contribution in [0.1, 0.15) is 39.9 Å². The Morgan fingerprint density at radius 1 is 1.26 bits per heavy atom. The van der Waals surface area contributed by atoms with E-state index in [0.717, 1.165) is 5.56 Å². The van der Waals surface area contributed by atoms with Gasteiger partial charge in [-0.1, -0.05) is 24.3 Å². The molecule has 0 heterocycles. The zero-order chi connectivity index (χ0) is 23.0. The van der Waals surface area contributed by atoms with Crippen molar-refractivity contribution in [3.63, 3.8) is 0 Å². The Balaban J connectivity index is 2.31. The number of likely N-dealkylation sites (N-methyl/N-ethyl adjacent to an activating group) is 2. The highest BCUT2D eigenvalue weighted by atomic mass is 19.1. The fraction of sp³-hybridized carbons (Fsp3) is 0.348. The van der Waals surface area contributed by atoms with Crippen molar-refractivity contribution in [2.75, 3.05) is 19.4 Å². The van der Waals surface area contributed by atoms with E-state index < -0.39 is 11.6 Å². The van der Waals surface area contributed by atoms with Gasteiger partial charge in [0.2, 0.25) is 0 Å². The number of aryl methyl sites for hydroxylation is 1. The van der Waals surface area contributed by atoms with Crippen molar-refractivity contribution in [2.45, 2.75) is 38.6 Å². The van der Waals surface area contributed by atoms with Crippen LogP contribution in [0.15, 0.2) is 36.4 Å². The molecule has 0 aliphatic rings. The summed E-state index contributed by atoms with van der Waals surface area (Å²) in [6.45, 7) is 2.15. The van der Waals surface area contributed by atoms with Crippen molar-refractivity contribution in [3.8, 4) is 0 Å². The van der Waals surface area contributed by atoms with E-state index in [9.17, 15) is 23.9 Å². The Morgan fingerprint density at radius 2 is 2.00 bits per heavy atom. The van der Waals surface area contributed by atoms with Gasteiger partial charge >= 0.3 is 0 Å².